The molecule has 1 aromatic carbocycles. The first-order valence-electron chi connectivity index (χ1n) is 4.77. The van der Waals surface area contributed by atoms with Gasteiger partial charge >= 0.3 is 5.97 Å². The Morgan fingerprint density at radius 2 is 2.06 bits per heavy atom. The Balaban J connectivity index is 2.76. The number of hydrogen-bond acceptors (Lipinski definition) is 4. The van der Waals surface area contributed by atoms with E-state index in [9.17, 15) is 9.59 Å². The number of aromatic nitrogens is 2. The highest BCUT2D eigenvalue weighted by Gasteiger charge is 2.09. The van der Waals surface area contributed by atoms with Gasteiger partial charge in [-0.2, -0.15) is 0 Å². The van der Waals surface area contributed by atoms with Crippen molar-refractivity contribution in [1.29, 1.82) is 0 Å². The fraction of sp³-hybridized carbons (Fsp3) is 0.182. The quantitative estimate of drug-likeness (QED) is 0.706. The lowest BCUT2D eigenvalue weighted by molar-refractivity contribution is -0.142. The van der Waals surface area contributed by atoms with E-state index in [0.29, 0.717) is 16.7 Å². The lowest BCUT2D eigenvalue weighted by Crippen LogP contribution is -2.32. The monoisotopic (exact) mass is 218 g/mol. The molecule has 0 fully saturated rings. The summed E-state index contributed by atoms with van der Waals surface area (Å²) in [7, 11) is 0. The largest absolute Gasteiger partial charge is 0.332 e. The summed E-state index contributed by atoms with van der Waals surface area (Å²) in [5, 5.41) is 0.425. The zero-order valence-electron chi connectivity index (χ0n) is 8.93. The van der Waals surface area contributed by atoms with E-state index in [4.69, 9.17) is 4.84 Å². The molecule has 0 spiro atoms. The number of carbonyl (C=O) groups excluding carboxylic acids is 1. The summed E-state index contributed by atoms with van der Waals surface area (Å²) in [4.78, 5) is 31.7. The first-order chi connectivity index (χ1) is 7.59. The Morgan fingerprint density at radius 1 is 1.38 bits per heavy atom. The van der Waals surface area contributed by atoms with Gasteiger partial charge in [0.25, 0.3) is 5.56 Å². The minimum atomic E-state index is -0.553. The van der Waals surface area contributed by atoms with Crippen LogP contribution in [0.3, 0.4) is 0 Å². The second-order valence-electron chi connectivity index (χ2n) is 3.36. The average Bonchev–Trinajstić information content (AvgIpc) is 2.24. The van der Waals surface area contributed by atoms with Crippen LogP contribution in [0.15, 0.2) is 29.1 Å². The average molecular weight is 218 g/mol. The van der Waals surface area contributed by atoms with E-state index in [-0.39, 0.29) is 5.56 Å². The number of hydrogen-bond donors (Lipinski definition) is 0. The Kier molecular flexibility index (Phi) is 2.44. The predicted octanol–water partition coefficient (Wildman–Crippen LogP) is 0.680. The molecular formula is C11H10N2O3. The highest BCUT2D eigenvalue weighted by molar-refractivity contribution is 5.77. The molecule has 16 heavy (non-hydrogen) atoms. The fourth-order valence-electron chi connectivity index (χ4n) is 1.46. The molecule has 1 aromatic heterocycles. The third-order valence-corrected chi connectivity index (χ3v) is 2.11. The van der Waals surface area contributed by atoms with Crippen LogP contribution in [0.1, 0.15) is 12.7 Å². The molecule has 0 aliphatic heterocycles. The van der Waals surface area contributed by atoms with Gasteiger partial charge in [0, 0.05) is 6.92 Å². The maximum absolute atomic E-state index is 11.9. The third-order valence-electron chi connectivity index (χ3n) is 2.11. The molecule has 0 aliphatic rings. The molecule has 0 bridgehead atoms. The van der Waals surface area contributed by atoms with Gasteiger partial charge < -0.3 is 4.84 Å². The summed E-state index contributed by atoms with van der Waals surface area (Å²) in [6, 6.07) is 6.91. The van der Waals surface area contributed by atoms with Crippen molar-refractivity contribution in [1.82, 2.24) is 9.71 Å². The molecule has 0 saturated heterocycles. The van der Waals surface area contributed by atoms with Crippen molar-refractivity contribution in [2.75, 3.05) is 0 Å². The minimum Gasteiger partial charge on any atom is -0.332 e. The second-order valence-corrected chi connectivity index (χ2v) is 3.36. The van der Waals surface area contributed by atoms with E-state index in [1.807, 2.05) is 0 Å². The fourth-order valence-corrected chi connectivity index (χ4v) is 1.46. The maximum Gasteiger partial charge on any atom is 0.330 e. The standard InChI is InChI=1S/C11H10N2O3/c1-7-12-10-6-4-3-5-9(10)11(15)13(7)16-8(2)14/h3-6H,1-2H3. The van der Waals surface area contributed by atoms with Crippen molar-refractivity contribution in [2.24, 2.45) is 0 Å². The zero-order valence-corrected chi connectivity index (χ0v) is 8.93. The van der Waals surface area contributed by atoms with Crippen LogP contribution in [0.5, 0.6) is 0 Å². The summed E-state index contributed by atoms with van der Waals surface area (Å²) in [5.74, 6) is -0.207. The van der Waals surface area contributed by atoms with Crippen molar-refractivity contribution < 1.29 is 9.63 Å². The molecule has 2 aromatic rings. The Labute approximate surface area is 91.2 Å². The number of aryl methyl sites for hydroxylation is 1. The summed E-state index contributed by atoms with van der Waals surface area (Å²) >= 11 is 0. The highest BCUT2D eigenvalue weighted by atomic mass is 16.7. The van der Waals surface area contributed by atoms with Gasteiger partial charge in [0.2, 0.25) is 0 Å². The molecule has 0 N–H and O–H groups in total. The van der Waals surface area contributed by atoms with Crippen LogP contribution in [-0.2, 0) is 4.79 Å². The number of fused-ring (bicyclic) bond motifs is 1. The van der Waals surface area contributed by atoms with E-state index in [1.165, 1.54) is 6.92 Å². The van der Waals surface area contributed by atoms with Crippen molar-refractivity contribution in [3.8, 4) is 0 Å². The molecule has 2 rings (SSSR count). The van der Waals surface area contributed by atoms with E-state index in [0.717, 1.165) is 4.73 Å². The van der Waals surface area contributed by atoms with Crippen molar-refractivity contribution in [2.45, 2.75) is 13.8 Å². The number of nitrogens with zero attached hydrogens (tertiary/aromatic N) is 2. The van der Waals surface area contributed by atoms with Gasteiger partial charge in [0.1, 0.15) is 5.82 Å². The molecule has 0 unspecified atom stereocenters. The van der Waals surface area contributed by atoms with Gasteiger partial charge in [0.15, 0.2) is 0 Å². The smallest absolute Gasteiger partial charge is 0.330 e. The summed E-state index contributed by atoms with van der Waals surface area (Å²) < 4.78 is 0.907. The number of rotatable bonds is 1. The zero-order chi connectivity index (χ0) is 11.7. The lowest BCUT2D eigenvalue weighted by atomic mass is 10.2. The predicted molar refractivity (Wildman–Crippen MR) is 58.0 cm³/mol. The summed E-state index contributed by atoms with van der Waals surface area (Å²) in [5.41, 5.74) is 0.215. The SMILES string of the molecule is CC(=O)On1c(C)nc2ccccc2c1=O. The Hall–Kier alpha value is -2.17. The van der Waals surface area contributed by atoms with Crippen molar-refractivity contribution in [3.05, 3.63) is 40.4 Å². The minimum absolute atomic E-state index is 0.346. The second kappa shape index (κ2) is 3.77. The normalized spacial score (nSPS) is 10.4. The van der Waals surface area contributed by atoms with Crippen LogP contribution in [0.2, 0.25) is 0 Å². The van der Waals surface area contributed by atoms with E-state index in [1.54, 1.807) is 31.2 Å². The van der Waals surface area contributed by atoms with E-state index in [2.05, 4.69) is 4.98 Å². The first-order valence-corrected chi connectivity index (χ1v) is 4.77. The molecule has 0 radical (unpaired) electrons. The topological polar surface area (TPSA) is 61.2 Å². The molecule has 1 heterocycles. The molecule has 0 atom stereocenters. The molecule has 0 saturated carbocycles. The number of benzene rings is 1. The molecular weight excluding hydrogens is 208 g/mol. The third kappa shape index (κ3) is 1.67. The molecule has 0 aliphatic carbocycles. The molecule has 82 valence electrons. The maximum atomic E-state index is 11.9. The van der Waals surface area contributed by atoms with Crippen LogP contribution in [0.4, 0.5) is 0 Å². The Bertz CT molecular complexity index is 616. The first kappa shape index (κ1) is 10.4. The van der Waals surface area contributed by atoms with E-state index >= 15 is 0 Å². The van der Waals surface area contributed by atoms with Gasteiger partial charge in [0.05, 0.1) is 10.9 Å². The molecule has 0 amide bonds. The summed E-state index contributed by atoms with van der Waals surface area (Å²) in [6.45, 7) is 2.85. The van der Waals surface area contributed by atoms with E-state index < -0.39 is 5.97 Å². The lowest BCUT2D eigenvalue weighted by Gasteiger charge is -2.08. The van der Waals surface area contributed by atoms with Crippen LogP contribution in [0, 0.1) is 6.92 Å². The highest BCUT2D eigenvalue weighted by Crippen LogP contribution is 2.06. The van der Waals surface area contributed by atoms with Crippen LogP contribution in [0.25, 0.3) is 10.9 Å². The van der Waals surface area contributed by atoms with Crippen molar-refractivity contribution in [3.63, 3.8) is 0 Å². The molecule has 5 heteroatoms. The van der Waals surface area contributed by atoms with Gasteiger partial charge in [-0.1, -0.05) is 12.1 Å². The van der Waals surface area contributed by atoms with Crippen molar-refractivity contribution >= 4 is 16.9 Å². The van der Waals surface area contributed by atoms with Crippen LogP contribution < -0.4 is 10.4 Å². The van der Waals surface area contributed by atoms with Gasteiger partial charge in [-0.15, -0.1) is 4.73 Å². The number of para-hydroxylation sites is 1. The number of carbonyl (C=O) groups is 1. The van der Waals surface area contributed by atoms with Gasteiger partial charge in [-0.05, 0) is 19.1 Å². The van der Waals surface area contributed by atoms with Gasteiger partial charge in [-0.25, -0.2) is 9.78 Å². The summed E-state index contributed by atoms with van der Waals surface area (Å²) in [6.07, 6.45) is 0. The van der Waals surface area contributed by atoms with Crippen LogP contribution in [-0.4, -0.2) is 15.7 Å². The molecule has 5 nitrogen and oxygen atoms in total. The Morgan fingerprint density at radius 3 is 2.75 bits per heavy atom. The van der Waals surface area contributed by atoms with Crippen LogP contribution >= 0.6 is 0 Å². The van der Waals surface area contributed by atoms with Gasteiger partial charge in [-0.3, -0.25) is 4.79 Å².